The summed E-state index contributed by atoms with van der Waals surface area (Å²) in [4.78, 5) is 56.5. The predicted molar refractivity (Wildman–Crippen MR) is 119 cm³/mol. The highest BCUT2D eigenvalue weighted by Gasteiger charge is 2.75. The number of Topliss-reactive ketones (excluding diaryl/α,β-unsaturated/α-hetero) is 2. The minimum Gasteiger partial charge on any atom is -0.349 e. The first-order valence-corrected chi connectivity index (χ1v) is 11.7. The molecule has 0 aromatic heterocycles. The molecule has 6 heteroatoms. The lowest BCUT2D eigenvalue weighted by molar-refractivity contribution is -0.148. The molecule has 2 heterocycles. The van der Waals surface area contributed by atoms with Crippen molar-refractivity contribution in [1.82, 2.24) is 4.90 Å². The van der Waals surface area contributed by atoms with Crippen molar-refractivity contribution in [3.05, 3.63) is 70.8 Å². The summed E-state index contributed by atoms with van der Waals surface area (Å²) in [5.41, 5.74) is 0.246. The molecular formula is C27H25NO5. The Bertz CT molecular complexity index is 1180. The van der Waals surface area contributed by atoms with Crippen LogP contribution < -0.4 is 0 Å². The normalized spacial score (nSPS) is 28.6. The van der Waals surface area contributed by atoms with Gasteiger partial charge in [0, 0.05) is 17.2 Å². The fourth-order valence-electron chi connectivity index (χ4n) is 6.39. The number of amides is 2. The van der Waals surface area contributed by atoms with Gasteiger partial charge in [-0.05, 0) is 25.3 Å². The molecule has 0 bridgehead atoms. The van der Waals surface area contributed by atoms with Gasteiger partial charge in [-0.2, -0.15) is 0 Å². The van der Waals surface area contributed by atoms with E-state index < -0.39 is 41.0 Å². The number of hydrogen-bond acceptors (Lipinski definition) is 5. The van der Waals surface area contributed by atoms with Crippen LogP contribution in [0.5, 0.6) is 0 Å². The van der Waals surface area contributed by atoms with Crippen molar-refractivity contribution in [1.29, 1.82) is 0 Å². The lowest BCUT2D eigenvalue weighted by Crippen LogP contribution is -2.52. The van der Waals surface area contributed by atoms with E-state index >= 15 is 0 Å². The maximum absolute atomic E-state index is 13.9. The molecule has 2 aromatic carbocycles. The molecule has 0 N–H and O–H groups in total. The molecule has 3 atom stereocenters. The lowest BCUT2D eigenvalue weighted by Gasteiger charge is -2.33. The van der Waals surface area contributed by atoms with Gasteiger partial charge in [-0.1, -0.05) is 73.4 Å². The molecule has 0 radical (unpaired) electrons. The highest BCUT2D eigenvalue weighted by molar-refractivity contribution is 6.35. The Morgan fingerprint density at radius 1 is 0.848 bits per heavy atom. The number of imide groups is 1. The summed E-state index contributed by atoms with van der Waals surface area (Å²) in [6, 6.07) is 14.0. The van der Waals surface area contributed by atoms with Gasteiger partial charge in [0.25, 0.3) is 0 Å². The minimum absolute atomic E-state index is 0.173. The van der Waals surface area contributed by atoms with Gasteiger partial charge in [0.05, 0.1) is 17.9 Å². The molecule has 168 valence electrons. The second-order valence-electron chi connectivity index (χ2n) is 9.73. The third kappa shape index (κ3) is 2.64. The van der Waals surface area contributed by atoms with Gasteiger partial charge in [-0.3, -0.25) is 24.1 Å². The fraction of sp³-hybridized carbons (Fsp3) is 0.407. The van der Waals surface area contributed by atoms with Crippen molar-refractivity contribution in [2.75, 3.05) is 0 Å². The van der Waals surface area contributed by atoms with Crippen molar-refractivity contribution in [2.45, 2.75) is 56.8 Å². The number of hydrogen-bond donors (Lipinski definition) is 0. The molecule has 0 unspecified atom stereocenters. The number of aryl methyl sites for hydroxylation is 1. The first-order chi connectivity index (χ1) is 15.9. The van der Waals surface area contributed by atoms with Crippen LogP contribution in [-0.4, -0.2) is 39.9 Å². The van der Waals surface area contributed by atoms with Gasteiger partial charge in [0.2, 0.25) is 29.0 Å². The molecule has 2 saturated heterocycles. The predicted octanol–water partition coefficient (Wildman–Crippen LogP) is 3.82. The second kappa shape index (κ2) is 7.19. The molecular weight excluding hydrogens is 418 g/mol. The van der Waals surface area contributed by atoms with E-state index in [1.807, 2.05) is 31.2 Å². The lowest BCUT2D eigenvalue weighted by atomic mass is 9.77. The van der Waals surface area contributed by atoms with E-state index in [1.165, 1.54) is 4.90 Å². The number of carbonyl (C=O) groups is 4. The summed E-state index contributed by atoms with van der Waals surface area (Å²) in [5, 5.41) is 0. The number of rotatable bonds is 2. The second-order valence-corrected chi connectivity index (χ2v) is 9.73. The molecule has 2 amide bonds. The van der Waals surface area contributed by atoms with Crippen LogP contribution in [0.3, 0.4) is 0 Å². The quantitative estimate of drug-likeness (QED) is 0.521. The van der Waals surface area contributed by atoms with Crippen molar-refractivity contribution in [3.8, 4) is 0 Å². The summed E-state index contributed by atoms with van der Waals surface area (Å²) in [6.45, 7) is 1.93. The average Bonchev–Trinajstić information content (AvgIpc) is 3.40. The number of nitrogens with zero attached hydrogens (tertiary/aromatic N) is 1. The molecule has 6 nitrogen and oxygen atoms in total. The molecule has 3 fully saturated rings. The van der Waals surface area contributed by atoms with Gasteiger partial charge in [0.15, 0.2) is 0 Å². The molecule has 1 saturated carbocycles. The summed E-state index contributed by atoms with van der Waals surface area (Å²) < 4.78 is 6.33. The van der Waals surface area contributed by atoms with Crippen molar-refractivity contribution >= 4 is 23.4 Å². The minimum atomic E-state index is -1.97. The topological polar surface area (TPSA) is 80.8 Å². The van der Waals surface area contributed by atoms with E-state index in [-0.39, 0.29) is 23.1 Å². The summed E-state index contributed by atoms with van der Waals surface area (Å²) in [7, 11) is 0. The Kier molecular flexibility index (Phi) is 4.46. The highest BCUT2D eigenvalue weighted by Crippen LogP contribution is 2.57. The van der Waals surface area contributed by atoms with Crippen molar-refractivity contribution < 1.29 is 23.9 Å². The Morgan fingerprint density at radius 2 is 1.52 bits per heavy atom. The number of carbonyl (C=O) groups excluding carboxylic acids is 4. The number of fused-ring (bicyclic) bond motifs is 3. The maximum atomic E-state index is 13.9. The van der Waals surface area contributed by atoms with Crippen molar-refractivity contribution in [2.24, 2.45) is 11.8 Å². The van der Waals surface area contributed by atoms with Crippen molar-refractivity contribution in [3.63, 3.8) is 0 Å². The molecule has 2 aliphatic carbocycles. The Labute approximate surface area is 191 Å². The van der Waals surface area contributed by atoms with Crippen LogP contribution in [0.1, 0.15) is 70.1 Å². The van der Waals surface area contributed by atoms with Gasteiger partial charge in [0.1, 0.15) is 0 Å². The van der Waals surface area contributed by atoms with Crippen LogP contribution in [0.2, 0.25) is 0 Å². The van der Waals surface area contributed by atoms with Crippen LogP contribution in [0.25, 0.3) is 0 Å². The van der Waals surface area contributed by atoms with E-state index in [0.29, 0.717) is 5.56 Å². The summed E-state index contributed by atoms with van der Waals surface area (Å²) in [6.07, 6.45) is 3.71. The molecule has 4 aliphatic rings. The zero-order valence-corrected chi connectivity index (χ0v) is 18.5. The zero-order valence-electron chi connectivity index (χ0n) is 18.5. The number of ketones is 2. The maximum Gasteiger partial charge on any atom is 0.237 e. The zero-order chi connectivity index (χ0) is 22.9. The van der Waals surface area contributed by atoms with Gasteiger partial charge < -0.3 is 4.74 Å². The first-order valence-electron chi connectivity index (χ1n) is 11.7. The Morgan fingerprint density at radius 3 is 2.15 bits per heavy atom. The summed E-state index contributed by atoms with van der Waals surface area (Å²) in [5.74, 6) is -3.76. The third-order valence-corrected chi connectivity index (χ3v) is 7.86. The van der Waals surface area contributed by atoms with E-state index in [9.17, 15) is 19.2 Å². The Balaban J connectivity index is 1.51. The molecule has 2 aliphatic heterocycles. The molecule has 33 heavy (non-hydrogen) atoms. The van der Waals surface area contributed by atoms with Crippen LogP contribution in [0, 0.1) is 18.8 Å². The number of benzene rings is 2. The smallest absolute Gasteiger partial charge is 0.237 e. The average molecular weight is 443 g/mol. The van der Waals surface area contributed by atoms with E-state index in [2.05, 4.69) is 0 Å². The van der Waals surface area contributed by atoms with Crippen LogP contribution >= 0.6 is 0 Å². The number of likely N-dealkylation sites (tertiary alicyclic amines) is 1. The van der Waals surface area contributed by atoms with E-state index in [1.54, 1.807) is 24.3 Å². The van der Waals surface area contributed by atoms with E-state index in [4.69, 9.17) is 4.74 Å². The van der Waals surface area contributed by atoms with Gasteiger partial charge in [-0.15, -0.1) is 0 Å². The fourth-order valence-corrected chi connectivity index (χ4v) is 6.39. The standard InChI is InChI=1S/C27H25NO5/c1-15-8-7-9-16(14-15)22-20-21(26(32)28(25(20)31)17-10-3-2-4-11-17)27(33-22)23(29)18-12-5-6-13-19(18)24(27)30/h5-9,12-14,17,20-22H,2-4,10-11H2,1H3/t20-,21-,22+/m0/s1. The Hall–Kier alpha value is -3.12. The van der Waals surface area contributed by atoms with Gasteiger partial charge >= 0.3 is 0 Å². The SMILES string of the molecule is Cc1cccc([C@H]2OC3(C(=O)c4ccccc4C3=O)[C@@H]3C(=O)N(C4CCCCC4)C(=O)[C@H]23)c1. The van der Waals surface area contributed by atoms with Crippen LogP contribution in [0.15, 0.2) is 48.5 Å². The molecule has 6 rings (SSSR count). The largest absolute Gasteiger partial charge is 0.349 e. The summed E-state index contributed by atoms with van der Waals surface area (Å²) >= 11 is 0. The van der Waals surface area contributed by atoms with Gasteiger partial charge in [-0.25, -0.2) is 0 Å². The van der Waals surface area contributed by atoms with Crippen LogP contribution in [-0.2, 0) is 14.3 Å². The van der Waals surface area contributed by atoms with E-state index in [0.717, 1.165) is 37.7 Å². The molecule has 1 spiro atoms. The number of ether oxygens (including phenoxy) is 1. The molecule has 2 aromatic rings. The third-order valence-electron chi connectivity index (χ3n) is 7.86. The monoisotopic (exact) mass is 443 g/mol. The first kappa shape index (κ1) is 20.5. The highest BCUT2D eigenvalue weighted by atomic mass is 16.5. The van der Waals surface area contributed by atoms with Crippen LogP contribution in [0.4, 0.5) is 0 Å².